The van der Waals surface area contributed by atoms with Gasteiger partial charge in [-0.05, 0) is 45.7 Å². The number of halogens is 1. The number of aliphatic imine (C=N–C) groups is 1. The van der Waals surface area contributed by atoms with Crippen molar-refractivity contribution >= 4 is 29.9 Å². The van der Waals surface area contributed by atoms with Crippen LogP contribution in [0.1, 0.15) is 33.6 Å². The summed E-state index contributed by atoms with van der Waals surface area (Å²) in [7, 11) is 1.71. The van der Waals surface area contributed by atoms with E-state index in [4.69, 9.17) is 4.74 Å². The summed E-state index contributed by atoms with van der Waals surface area (Å²) < 4.78 is 5.05. The zero-order chi connectivity index (χ0) is 14.8. The molecule has 2 N–H and O–H groups in total. The molecule has 1 rings (SSSR count). The maximum absolute atomic E-state index is 5.05. The maximum Gasteiger partial charge on any atom is 0.191 e. The molecule has 0 aromatic rings. The summed E-state index contributed by atoms with van der Waals surface area (Å²) in [4.78, 5) is 7.23. The molecule has 1 heterocycles. The third-order valence-electron chi connectivity index (χ3n) is 3.90. The fourth-order valence-corrected chi connectivity index (χ4v) is 2.42. The van der Waals surface area contributed by atoms with E-state index in [1.54, 1.807) is 7.11 Å². The second kappa shape index (κ2) is 12.5. The van der Waals surface area contributed by atoms with E-state index >= 15 is 0 Å². The van der Waals surface area contributed by atoms with E-state index in [0.717, 1.165) is 31.5 Å². The Hall–Kier alpha value is -0.0800. The third kappa shape index (κ3) is 8.83. The molecular formula is C15H33IN4O. The van der Waals surface area contributed by atoms with Gasteiger partial charge in [0.25, 0.3) is 0 Å². The van der Waals surface area contributed by atoms with E-state index in [0.29, 0.717) is 12.6 Å². The Kier molecular flexibility index (Phi) is 12.4. The van der Waals surface area contributed by atoms with Gasteiger partial charge in [-0.1, -0.05) is 6.92 Å². The Morgan fingerprint density at radius 3 is 2.57 bits per heavy atom. The number of piperidine rings is 1. The number of nitrogens with zero attached hydrogens (tertiary/aromatic N) is 2. The molecule has 6 heteroatoms. The van der Waals surface area contributed by atoms with Crippen molar-refractivity contribution in [3.8, 4) is 0 Å². The lowest BCUT2D eigenvalue weighted by molar-refractivity contribution is 0.150. The molecule has 0 amide bonds. The van der Waals surface area contributed by atoms with Crippen molar-refractivity contribution in [3.05, 3.63) is 0 Å². The number of nitrogens with one attached hydrogen (secondary N) is 2. The van der Waals surface area contributed by atoms with Crippen LogP contribution in [0.2, 0.25) is 0 Å². The summed E-state index contributed by atoms with van der Waals surface area (Å²) in [6.45, 7) is 12.4. The molecule has 0 saturated carbocycles. The molecule has 1 fully saturated rings. The highest BCUT2D eigenvalue weighted by atomic mass is 127. The molecule has 0 bridgehead atoms. The molecule has 0 spiro atoms. The molecule has 1 saturated heterocycles. The van der Waals surface area contributed by atoms with E-state index in [9.17, 15) is 0 Å². The van der Waals surface area contributed by atoms with Crippen molar-refractivity contribution in [2.75, 3.05) is 46.4 Å². The lowest BCUT2D eigenvalue weighted by atomic mass is 9.98. The number of rotatable bonds is 7. The molecule has 0 aromatic carbocycles. The molecule has 1 unspecified atom stereocenters. The highest BCUT2D eigenvalue weighted by Gasteiger charge is 2.19. The minimum atomic E-state index is 0. The van der Waals surface area contributed by atoms with Crippen LogP contribution in [0.4, 0.5) is 0 Å². The quantitative estimate of drug-likeness (QED) is 0.290. The summed E-state index contributed by atoms with van der Waals surface area (Å²) in [6, 6.07) is 0.514. The van der Waals surface area contributed by atoms with Gasteiger partial charge >= 0.3 is 0 Å². The van der Waals surface area contributed by atoms with Crippen molar-refractivity contribution in [1.82, 2.24) is 15.5 Å². The highest BCUT2D eigenvalue weighted by molar-refractivity contribution is 14.0. The topological polar surface area (TPSA) is 48.9 Å². The Balaban J connectivity index is 0.00000400. The molecule has 0 radical (unpaired) electrons. The van der Waals surface area contributed by atoms with Gasteiger partial charge in [-0.25, -0.2) is 0 Å². The van der Waals surface area contributed by atoms with Gasteiger partial charge in [0.1, 0.15) is 0 Å². The van der Waals surface area contributed by atoms with Gasteiger partial charge in [-0.2, -0.15) is 0 Å². The summed E-state index contributed by atoms with van der Waals surface area (Å²) in [6.07, 6.45) is 2.64. The van der Waals surface area contributed by atoms with Gasteiger partial charge in [0.15, 0.2) is 5.96 Å². The largest absolute Gasteiger partial charge is 0.383 e. The average Bonchev–Trinajstić information content (AvgIpc) is 2.45. The summed E-state index contributed by atoms with van der Waals surface area (Å²) >= 11 is 0. The van der Waals surface area contributed by atoms with E-state index < -0.39 is 0 Å². The van der Waals surface area contributed by atoms with Gasteiger partial charge in [0.2, 0.25) is 0 Å². The van der Waals surface area contributed by atoms with Crippen LogP contribution in [-0.2, 0) is 4.74 Å². The first-order valence-corrected chi connectivity index (χ1v) is 7.92. The standard InChI is InChI=1S/C15H32N4O.HI/c1-5-16-15(17-8-11-20-4)18-12-14(3)19-9-6-13(2)7-10-19;/h13-14H,5-12H2,1-4H3,(H2,16,17,18);1H. The van der Waals surface area contributed by atoms with Crippen LogP contribution < -0.4 is 10.6 Å². The Bertz CT molecular complexity index is 281. The lowest BCUT2D eigenvalue weighted by Crippen LogP contribution is -2.43. The zero-order valence-corrected chi connectivity index (χ0v) is 16.4. The number of guanidine groups is 1. The van der Waals surface area contributed by atoms with Gasteiger partial charge in [0, 0.05) is 26.2 Å². The van der Waals surface area contributed by atoms with E-state index in [1.807, 2.05) is 0 Å². The minimum Gasteiger partial charge on any atom is -0.383 e. The van der Waals surface area contributed by atoms with E-state index in [2.05, 4.69) is 41.3 Å². The van der Waals surface area contributed by atoms with Crippen LogP contribution in [0.25, 0.3) is 0 Å². The molecule has 1 aliphatic rings. The fourth-order valence-electron chi connectivity index (χ4n) is 2.42. The Morgan fingerprint density at radius 1 is 1.33 bits per heavy atom. The van der Waals surface area contributed by atoms with Crippen molar-refractivity contribution in [3.63, 3.8) is 0 Å². The smallest absolute Gasteiger partial charge is 0.191 e. The van der Waals surface area contributed by atoms with E-state index in [1.165, 1.54) is 25.9 Å². The average molecular weight is 412 g/mol. The van der Waals surface area contributed by atoms with Gasteiger partial charge in [-0.15, -0.1) is 24.0 Å². The first-order valence-electron chi connectivity index (χ1n) is 7.92. The fraction of sp³-hybridized carbons (Fsp3) is 0.933. The number of methoxy groups -OCH3 is 1. The molecule has 0 aliphatic carbocycles. The lowest BCUT2D eigenvalue weighted by Gasteiger charge is -2.34. The van der Waals surface area contributed by atoms with Crippen LogP contribution in [0.5, 0.6) is 0 Å². The second-order valence-electron chi connectivity index (χ2n) is 5.71. The molecular weight excluding hydrogens is 379 g/mol. The number of hydrogen-bond donors (Lipinski definition) is 2. The third-order valence-corrected chi connectivity index (χ3v) is 3.90. The van der Waals surface area contributed by atoms with Crippen molar-refractivity contribution in [1.29, 1.82) is 0 Å². The monoisotopic (exact) mass is 412 g/mol. The maximum atomic E-state index is 5.05. The normalized spacial score (nSPS) is 19.0. The summed E-state index contributed by atoms with van der Waals surface area (Å²) in [5, 5.41) is 6.55. The SMILES string of the molecule is CCNC(=NCC(C)N1CCC(C)CC1)NCCOC.I. The molecule has 5 nitrogen and oxygen atoms in total. The molecule has 1 atom stereocenters. The van der Waals surface area contributed by atoms with Crippen molar-refractivity contribution in [2.24, 2.45) is 10.9 Å². The number of likely N-dealkylation sites (tertiary alicyclic amines) is 1. The minimum absolute atomic E-state index is 0. The van der Waals surface area contributed by atoms with Crippen LogP contribution >= 0.6 is 24.0 Å². The summed E-state index contributed by atoms with van der Waals surface area (Å²) in [5.41, 5.74) is 0. The van der Waals surface area contributed by atoms with Crippen molar-refractivity contribution in [2.45, 2.75) is 39.7 Å². The predicted molar refractivity (Wildman–Crippen MR) is 101 cm³/mol. The van der Waals surface area contributed by atoms with Gasteiger partial charge < -0.3 is 15.4 Å². The van der Waals surface area contributed by atoms with Gasteiger partial charge in [-0.3, -0.25) is 9.89 Å². The highest BCUT2D eigenvalue weighted by Crippen LogP contribution is 2.17. The molecule has 21 heavy (non-hydrogen) atoms. The molecule has 0 aromatic heterocycles. The van der Waals surface area contributed by atoms with Crippen LogP contribution in [0.15, 0.2) is 4.99 Å². The van der Waals surface area contributed by atoms with Crippen molar-refractivity contribution < 1.29 is 4.74 Å². The Labute approximate surface area is 147 Å². The second-order valence-corrected chi connectivity index (χ2v) is 5.71. The Morgan fingerprint density at radius 2 is 2.00 bits per heavy atom. The number of ether oxygens (including phenoxy) is 1. The summed E-state index contributed by atoms with van der Waals surface area (Å²) in [5.74, 6) is 1.77. The first kappa shape index (κ1) is 20.9. The first-order chi connectivity index (χ1) is 9.67. The predicted octanol–water partition coefficient (Wildman–Crippen LogP) is 1.93. The molecule has 126 valence electrons. The van der Waals surface area contributed by atoms with E-state index in [-0.39, 0.29) is 24.0 Å². The molecule has 1 aliphatic heterocycles. The zero-order valence-electron chi connectivity index (χ0n) is 14.0. The van der Waals surface area contributed by atoms with Crippen LogP contribution in [-0.4, -0.2) is 63.3 Å². The van der Waals surface area contributed by atoms with Crippen LogP contribution in [0, 0.1) is 5.92 Å². The van der Waals surface area contributed by atoms with Crippen LogP contribution in [0.3, 0.4) is 0 Å². The van der Waals surface area contributed by atoms with Gasteiger partial charge in [0.05, 0.1) is 13.2 Å². The number of hydrogen-bond acceptors (Lipinski definition) is 3.